The molecule has 0 spiro atoms. The van der Waals surface area contributed by atoms with Crippen molar-refractivity contribution in [1.29, 1.82) is 0 Å². The first-order chi connectivity index (χ1) is 19.2. The highest BCUT2D eigenvalue weighted by atomic mass is 32.1. The van der Waals surface area contributed by atoms with E-state index in [0.717, 1.165) is 21.6 Å². The van der Waals surface area contributed by atoms with E-state index in [1.54, 1.807) is 39.7 Å². The summed E-state index contributed by atoms with van der Waals surface area (Å²) in [5, 5.41) is 9.55. The van der Waals surface area contributed by atoms with E-state index in [4.69, 9.17) is 14.2 Å². The Morgan fingerprint density at radius 3 is 2.52 bits per heavy atom. The van der Waals surface area contributed by atoms with Crippen LogP contribution >= 0.6 is 11.3 Å². The number of aromatic nitrogens is 1. The third kappa shape index (κ3) is 6.36. The Kier molecular flexibility index (Phi) is 9.26. The normalized spacial score (nSPS) is 13.8. The predicted octanol–water partition coefficient (Wildman–Crippen LogP) is 4.46. The van der Waals surface area contributed by atoms with Gasteiger partial charge in [-0.3, -0.25) is 14.4 Å². The number of nitrogens with zero attached hydrogens (tertiary/aromatic N) is 1. The van der Waals surface area contributed by atoms with Gasteiger partial charge in [0.05, 0.1) is 33.1 Å². The van der Waals surface area contributed by atoms with Crippen LogP contribution in [0.4, 0.5) is 10.8 Å². The first kappa shape index (κ1) is 28.9. The van der Waals surface area contributed by atoms with E-state index in [1.165, 1.54) is 18.3 Å². The maximum absolute atomic E-state index is 13.4. The molecule has 0 saturated carbocycles. The number of ether oxygens (including phenoxy) is 3. The Balaban J connectivity index is 1.65. The van der Waals surface area contributed by atoms with Crippen molar-refractivity contribution in [3.05, 3.63) is 56.7 Å². The van der Waals surface area contributed by atoms with Crippen molar-refractivity contribution in [3.8, 4) is 28.4 Å². The molecule has 0 saturated heterocycles. The van der Waals surface area contributed by atoms with Gasteiger partial charge in [0.2, 0.25) is 23.0 Å². The average Bonchev–Trinajstić information content (AvgIpc) is 3.19. The number of aryl methyl sites for hydroxylation is 2. The van der Waals surface area contributed by atoms with Gasteiger partial charge in [0, 0.05) is 36.5 Å². The number of thiazole rings is 1. The molecule has 2 aromatic carbocycles. The van der Waals surface area contributed by atoms with Crippen molar-refractivity contribution in [2.45, 2.75) is 45.6 Å². The van der Waals surface area contributed by atoms with Crippen molar-refractivity contribution in [3.63, 3.8) is 0 Å². The minimum absolute atomic E-state index is 0.130. The third-order valence-electron chi connectivity index (χ3n) is 6.68. The molecule has 40 heavy (non-hydrogen) atoms. The maximum atomic E-state index is 13.4. The Hall–Kier alpha value is -4.12. The molecule has 0 unspecified atom stereocenters. The van der Waals surface area contributed by atoms with E-state index in [-0.39, 0.29) is 29.7 Å². The van der Waals surface area contributed by atoms with E-state index < -0.39 is 0 Å². The van der Waals surface area contributed by atoms with Crippen LogP contribution in [0.15, 0.2) is 35.3 Å². The predicted molar refractivity (Wildman–Crippen MR) is 156 cm³/mol. The molecule has 212 valence electrons. The number of carbonyl (C=O) groups excluding carboxylic acids is 2. The molecule has 2 amide bonds. The van der Waals surface area contributed by atoms with Crippen LogP contribution in [0.3, 0.4) is 0 Å². The summed E-state index contributed by atoms with van der Waals surface area (Å²) < 4.78 is 17.0. The zero-order valence-electron chi connectivity index (χ0n) is 23.3. The molecule has 1 atom stereocenters. The van der Waals surface area contributed by atoms with Gasteiger partial charge in [0.1, 0.15) is 0 Å². The quantitative estimate of drug-likeness (QED) is 0.307. The minimum atomic E-state index is -0.382. The number of hydrogen-bond acceptors (Lipinski definition) is 9. The summed E-state index contributed by atoms with van der Waals surface area (Å²) in [5.74, 6) is 1.17. The first-order valence-corrected chi connectivity index (χ1v) is 13.8. The fourth-order valence-corrected chi connectivity index (χ4v) is 5.60. The van der Waals surface area contributed by atoms with Crippen molar-refractivity contribution >= 4 is 34.0 Å². The Morgan fingerprint density at radius 1 is 1.10 bits per heavy atom. The largest absolute Gasteiger partial charge is 0.493 e. The fourth-order valence-electron chi connectivity index (χ4n) is 4.92. The Morgan fingerprint density at radius 2 is 1.88 bits per heavy atom. The number of rotatable bonds is 10. The fraction of sp³-hybridized carbons (Fsp3) is 0.379. The van der Waals surface area contributed by atoms with Gasteiger partial charge in [-0.2, -0.15) is 0 Å². The lowest BCUT2D eigenvalue weighted by Crippen LogP contribution is -2.26. The van der Waals surface area contributed by atoms with Crippen LogP contribution in [0.2, 0.25) is 0 Å². The number of methoxy groups -OCH3 is 3. The summed E-state index contributed by atoms with van der Waals surface area (Å²) in [6.07, 6.45) is 3.73. The van der Waals surface area contributed by atoms with Gasteiger partial charge in [-0.1, -0.05) is 6.07 Å². The number of fused-ring (bicyclic) bond motifs is 3. The molecule has 4 rings (SSSR count). The summed E-state index contributed by atoms with van der Waals surface area (Å²) in [6.45, 7) is 3.82. The molecular formula is C29H34N4O6S. The van der Waals surface area contributed by atoms with E-state index >= 15 is 0 Å². The molecule has 1 heterocycles. The van der Waals surface area contributed by atoms with Crippen molar-refractivity contribution in [2.24, 2.45) is 0 Å². The molecule has 11 heteroatoms. The van der Waals surface area contributed by atoms with Gasteiger partial charge in [0.25, 0.3) is 0 Å². The third-order valence-corrected chi connectivity index (χ3v) is 7.51. The van der Waals surface area contributed by atoms with Crippen molar-refractivity contribution in [1.82, 2.24) is 10.3 Å². The lowest BCUT2D eigenvalue weighted by atomic mass is 9.95. The minimum Gasteiger partial charge on any atom is -0.493 e. The van der Waals surface area contributed by atoms with Gasteiger partial charge < -0.3 is 30.2 Å². The molecule has 1 aromatic heterocycles. The van der Waals surface area contributed by atoms with Gasteiger partial charge in [-0.15, -0.1) is 11.3 Å². The second-order valence-corrected chi connectivity index (χ2v) is 10.7. The summed E-state index contributed by atoms with van der Waals surface area (Å²) in [5.41, 5.74) is 3.37. The van der Waals surface area contributed by atoms with Crippen LogP contribution in [-0.4, -0.2) is 44.7 Å². The molecule has 0 aliphatic heterocycles. The van der Waals surface area contributed by atoms with Crippen LogP contribution in [0.1, 0.15) is 48.2 Å². The molecule has 3 aromatic rings. The number of amides is 2. The number of benzene rings is 1. The van der Waals surface area contributed by atoms with Crippen LogP contribution in [0.25, 0.3) is 11.1 Å². The van der Waals surface area contributed by atoms with Gasteiger partial charge in [-0.25, -0.2) is 4.98 Å². The molecule has 10 nitrogen and oxygen atoms in total. The highest BCUT2D eigenvalue weighted by Crippen LogP contribution is 2.50. The van der Waals surface area contributed by atoms with E-state index in [9.17, 15) is 14.4 Å². The first-order valence-electron chi connectivity index (χ1n) is 13.0. The second-order valence-electron chi connectivity index (χ2n) is 9.45. The number of carbonyl (C=O) groups is 2. The van der Waals surface area contributed by atoms with E-state index in [2.05, 4.69) is 20.9 Å². The molecule has 0 radical (unpaired) electrons. The monoisotopic (exact) mass is 566 g/mol. The number of nitrogens with one attached hydrogen (secondary N) is 3. The number of anilines is 2. The van der Waals surface area contributed by atoms with Crippen molar-refractivity contribution in [2.75, 3.05) is 38.5 Å². The summed E-state index contributed by atoms with van der Waals surface area (Å²) in [4.78, 5) is 42.9. The second kappa shape index (κ2) is 12.8. The van der Waals surface area contributed by atoms with Gasteiger partial charge in [-0.05, 0) is 61.1 Å². The molecule has 1 aliphatic carbocycles. The molecule has 0 bridgehead atoms. The highest BCUT2D eigenvalue weighted by Gasteiger charge is 2.29. The standard InChI is InChI=1S/C29H34N4O6S/c1-16-15-31-29(40-16)33-25(36)7-6-12-30-22-11-9-19-20(14-23(22)35)21(32-17(2)34)10-8-18-13-24(37-3)27(38-4)28(39-5)26(18)19/h9,11,13-15,21H,6-8,10,12H2,1-5H3,(H,30,35)(H,32,34)(H,31,33,36)/t21-/m0/s1. The average molecular weight is 567 g/mol. The smallest absolute Gasteiger partial charge is 0.226 e. The molecule has 0 fully saturated rings. The Bertz CT molecular complexity index is 1470. The van der Waals surface area contributed by atoms with Crippen LogP contribution < -0.4 is 35.6 Å². The summed E-state index contributed by atoms with van der Waals surface area (Å²) in [6, 6.07) is 6.70. The van der Waals surface area contributed by atoms with E-state index in [0.29, 0.717) is 59.4 Å². The SMILES string of the molecule is COc1cc2c(c(OC)c1OC)-c1ccc(NCCCC(=O)Nc3ncc(C)s3)c(=O)cc1[C@@H](NC(C)=O)CC2. The topological polar surface area (TPSA) is 128 Å². The summed E-state index contributed by atoms with van der Waals surface area (Å²) >= 11 is 1.42. The van der Waals surface area contributed by atoms with E-state index in [1.807, 2.05) is 19.1 Å². The van der Waals surface area contributed by atoms with Gasteiger partial charge in [0.15, 0.2) is 16.6 Å². The highest BCUT2D eigenvalue weighted by molar-refractivity contribution is 7.15. The van der Waals surface area contributed by atoms with Crippen LogP contribution in [-0.2, 0) is 16.0 Å². The zero-order valence-corrected chi connectivity index (χ0v) is 24.1. The van der Waals surface area contributed by atoms with Crippen molar-refractivity contribution < 1.29 is 23.8 Å². The lowest BCUT2D eigenvalue weighted by Gasteiger charge is -2.19. The molecular weight excluding hydrogens is 532 g/mol. The van der Waals surface area contributed by atoms with Crippen LogP contribution in [0, 0.1) is 6.92 Å². The Labute approximate surface area is 237 Å². The maximum Gasteiger partial charge on any atom is 0.226 e. The molecule has 3 N–H and O–H groups in total. The number of hydrogen-bond donors (Lipinski definition) is 3. The molecule has 1 aliphatic rings. The summed E-state index contributed by atoms with van der Waals surface area (Å²) in [7, 11) is 4.68. The lowest BCUT2D eigenvalue weighted by molar-refractivity contribution is -0.119. The zero-order chi connectivity index (χ0) is 28.8. The van der Waals surface area contributed by atoms with Gasteiger partial charge >= 0.3 is 0 Å². The van der Waals surface area contributed by atoms with Crippen LogP contribution in [0.5, 0.6) is 17.2 Å².